The molecule has 0 spiro atoms. The van der Waals surface area contributed by atoms with E-state index in [9.17, 15) is 10.1 Å². The Morgan fingerprint density at radius 2 is 1.89 bits per heavy atom. The lowest BCUT2D eigenvalue weighted by atomic mass is 10.1. The monoisotopic (exact) mass is 380 g/mol. The number of benzene rings is 1. The fourth-order valence-electron chi connectivity index (χ4n) is 3.32. The van der Waals surface area contributed by atoms with Gasteiger partial charge in [-0.05, 0) is 31.0 Å². The normalized spacial score (nSPS) is 14.8. The van der Waals surface area contributed by atoms with Crippen LogP contribution >= 0.6 is 11.8 Å². The summed E-state index contributed by atoms with van der Waals surface area (Å²) < 4.78 is 0. The minimum absolute atomic E-state index is 0.0687. The molecule has 5 nitrogen and oxygen atoms in total. The summed E-state index contributed by atoms with van der Waals surface area (Å²) in [5, 5.41) is 9.42. The summed E-state index contributed by atoms with van der Waals surface area (Å²) in [7, 11) is 0. The van der Waals surface area contributed by atoms with Crippen LogP contribution in [0.3, 0.4) is 0 Å². The van der Waals surface area contributed by atoms with Crippen LogP contribution in [0.5, 0.6) is 0 Å². The number of nitrogens with zero attached hydrogens (tertiary/aromatic N) is 4. The number of nitriles is 1. The van der Waals surface area contributed by atoms with Crippen LogP contribution in [-0.2, 0) is 12.3 Å². The van der Waals surface area contributed by atoms with Crippen LogP contribution in [0.1, 0.15) is 28.1 Å². The molecular weight excluding hydrogens is 356 g/mol. The Morgan fingerprint density at radius 3 is 2.56 bits per heavy atom. The highest BCUT2D eigenvalue weighted by molar-refractivity contribution is 8.12. The zero-order chi connectivity index (χ0) is 19.2. The van der Waals surface area contributed by atoms with Crippen LogP contribution in [-0.4, -0.2) is 46.2 Å². The van der Waals surface area contributed by atoms with Gasteiger partial charge in [-0.1, -0.05) is 42.1 Å². The number of carbonyl (C=O) groups excluding carboxylic acids is 1. The molecule has 1 aliphatic rings. The number of piperazine rings is 1. The molecule has 1 saturated heterocycles. The van der Waals surface area contributed by atoms with Crippen molar-refractivity contribution in [3.8, 4) is 6.07 Å². The van der Waals surface area contributed by atoms with E-state index < -0.39 is 0 Å². The van der Waals surface area contributed by atoms with Gasteiger partial charge in [0.1, 0.15) is 6.07 Å². The fourth-order valence-corrected chi connectivity index (χ4v) is 4.16. The van der Waals surface area contributed by atoms with Gasteiger partial charge < -0.3 is 4.90 Å². The fraction of sp³-hybridized carbons (Fsp3) is 0.381. The van der Waals surface area contributed by atoms with Gasteiger partial charge in [-0.2, -0.15) is 5.26 Å². The number of thioether (sulfide) groups is 1. The van der Waals surface area contributed by atoms with E-state index in [1.807, 2.05) is 30.9 Å². The van der Waals surface area contributed by atoms with Gasteiger partial charge >= 0.3 is 0 Å². The van der Waals surface area contributed by atoms with Crippen molar-refractivity contribution >= 4 is 17.0 Å². The highest BCUT2D eigenvalue weighted by atomic mass is 32.2. The Bertz CT molecular complexity index is 839. The van der Waals surface area contributed by atoms with E-state index in [0.29, 0.717) is 17.0 Å². The number of amides is 1. The molecule has 2 aromatic rings. The maximum absolute atomic E-state index is 12.6. The molecule has 1 fully saturated rings. The Balaban J connectivity index is 1.51. The average molecular weight is 381 g/mol. The molecule has 0 N–H and O–H groups in total. The molecule has 27 heavy (non-hydrogen) atoms. The second-order valence-electron chi connectivity index (χ2n) is 6.82. The quantitative estimate of drug-likeness (QED) is 0.809. The van der Waals surface area contributed by atoms with Crippen molar-refractivity contribution in [1.82, 2.24) is 14.8 Å². The lowest BCUT2D eigenvalue weighted by molar-refractivity contribution is 0.149. The van der Waals surface area contributed by atoms with Gasteiger partial charge in [0.15, 0.2) is 0 Å². The third-order valence-corrected chi connectivity index (χ3v) is 5.67. The third-order valence-electron chi connectivity index (χ3n) is 4.74. The molecular formula is C21H24N4OS. The van der Waals surface area contributed by atoms with Gasteiger partial charge in [-0.3, -0.25) is 14.7 Å². The molecule has 1 aromatic carbocycles. The SMILES string of the molecule is Cc1cc(C)c(C#N)c(CSC(=O)N2CCN(Cc3ccccc3)CC2)n1. The van der Waals surface area contributed by atoms with Gasteiger partial charge in [0.05, 0.1) is 11.3 Å². The van der Waals surface area contributed by atoms with E-state index in [0.717, 1.165) is 44.0 Å². The third kappa shape index (κ3) is 5.09. The number of aromatic nitrogens is 1. The number of hydrogen-bond acceptors (Lipinski definition) is 5. The first-order valence-electron chi connectivity index (χ1n) is 9.12. The van der Waals surface area contributed by atoms with Crippen LogP contribution in [0.25, 0.3) is 0 Å². The molecule has 2 heterocycles. The number of aryl methyl sites for hydroxylation is 2. The lowest BCUT2D eigenvalue weighted by Gasteiger charge is -2.34. The summed E-state index contributed by atoms with van der Waals surface area (Å²) in [5.41, 5.74) is 4.40. The summed E-state index contributed by atoms with van der Waals surface area (Å²) in [5.74, 6) is 0.439. The van der Waals surface area contributed by atoms with E-state index in [1.165, 1.54) is 17.3 Å². The van der Waals surface area contributed by atoms with Crippen LogP contribution in [0.15, 0.2) is 36.4 Å². The summed E-state index contributed by atoms with van der Waals surface area (Å²) >= 11 is 1.24. The maximum Gasteiger partial charge on any atom is 0.282 e. The number of carbonyl (C=O) groups is 1. The first kappa shape index (κ1) is 19.4. The van der Waals surface area contributed by atoms with E-state index in [2.05, 4.69) is 40.2 Å². The molecule has 1 aromatic heterocycles. The molecule has 0 aliphatic carbocycles. The molecule has 0 atom stereocenters. The highest BCUT2D eigenvalue weighted by Crippen LogP contribution is 2.21. The number of pyridine rings is 1. The van der Waals surface area contributed by atoms with Gasteiger partial charge in [0, 0.05) is 44.2 Å². The van der Waals surface area contributed by atoms with E-state index in [1.54, 1.807) is 0 Å². The zero-order valence-corrected chi connectivity index (χ0v) is 16.6. The lowest BCUT2D eigenvalue weighted by Crippen LogP contribution is -2.47. The predicted molar refractivity (Wildman–Crippen MR) is 108 cm³/mol. The Hall–Kier alpha value is -2.36. The molecule has 0 saturated carbocycles. The first-order chi connectivity index (χ1) is 13.1. The van der Waals surface area contributed by atoms with Crippen LogP contribution in [0.4, 0.5) is 4.79 Å². The Kier molecular flexibility index (Phi) is 6.49. The molecule has 0 radical (unpaired) electrons. The van der Waals surface area contributed by atoms with Crippen molar-refractivity contribution in [3.63, 3.8) is 0 Å². The van der Waals surface area contributed by atoms with Crippen molar-refractivity contribution < 1.29 is 4.79 Å². The van der Waals surface area contributed by atoms with Crippen LogP contribution in [0.2, 0.25) is 0 Å². The first-order valence-corrected chi connectivity index (χ1v) is 10.1. The molecule has 1 aliphatic heterocycles. The van der Waals surface area contributed by atoms with E-state index in [4.69, 9.17) is 0 Å². The van der Waals surface area contributed by atoms with Crippen molar-refractivity contribution in [2.24, 2.45) is 0 Å². The van der Waals surface area contributed by atoms with Gasteiger partial charge in [0.2, 0.25) is 0 Å². The van der Waals surface area contributed by atoms with Gasteiger partial charge in [-0.25, -0.2) is 0 Å². The second kappa shape index (κ2) is 9.03. The largest absolute Gasteiger partial charge is 0.331 e. The summed E-state index contributed by atoms with van der Waals surface area (Å²) in [6.45, 7) is 7.99. The average Bonchev–Trinajstić information content (AvgIpc) is 2.67. The van der Waals surface area contributed by atoms with Crippen LogP contribution < -0.4 is 0 Å². The Labute approximate surface area is 165 Å². The molecule has 3 rings (SSSR count). The smallest absolute Gasteiger partial charge is 0.282 e. The van der Waals surface area contributed by atoms with E-state index in [-0.39, 0.29) is 5.24 Å². The standard InChI is InChI=1S/C21H24N4OS/c1-16-12-17(2)23-20(19(16)13-22)15-27-21(26)25-10-8-24(9-11-25)14-18-6-4-3-5-7-18/h3-7,12H,8-11,14-15H2,1-2H3. The van der Waals surface area contributed by atoms with Crippen molar-refractivity contribution in [2.75, 3.05) is 26.2 Å². The predicted octanol–water partition coefficient (Wildman–Crippen LogP) is 3.74. The summed E-state index contributed by atoms with van der Waals surface area (Å²) in [6.07, 6.45) is 0. The van der Waals surface area contributed by atoms with Gasteiger partial charge in [-0.15, -0.1) is 0 Å². The topological polar surface area (TPSA) is 60.2 Å². The molecule has 140 valence electrons. The van der Waals surface area contributed by atoms with Crippen molar-refractivity contribution in [1.29, 1.82) is 5.26 Å². The molecule has 6 heteroatoms. The van der Waals surface area contributed by atoms with Gasteiger partial charge in [0.25, 0.3) is 5.24 Å². The highest BCUT2D eigenvalue weighted by Gasteiger charge is 2.22. The number of hydrogen-bond donors (Lipinski definition) is 0. The van der Waals surface area contributed by atoms with Crippen LogP contribution in [0, 0.1) is 25.2 Å². The Morgan fingerprint density at radius 1 is 1.19 bits per heavy atom. The number of rotatable bonds is 4. The van der Waals surface area contributed by atoms with E-state index >= 15 is 0 Å². The minimum Gasteiger partial charge on any atom is -0.331 e. The molecule has 0 bridgehead atoms. The summed E-state index contributed by atoms with van der Waals surface area (Å²) in [6, 6.07) is 14.5. The molecule has 1 amide bonds. The van der Waals surface area contributed by atoms with Crippen molar-refractivity contribution in [3.05, 3.63) is 64.5 Å². The zero-order valence-electron chi connectivity index (χ0n) is 15.8. The second-order valence-corrected chi connectivity index (χ2v) is 7.74. The summed E-state index contributed by atoms with van der Waals surface area (Å²) in [4.78, 5) is 21.3. The van der Waals surface area contributed by atoms with Crippen molar-refractivity contribution in [2.45, 2.75) is 26.1 Å². The molecule has 0 unspecified atom stereocenters. The maximum atomic E-state index is 12.6. The minimum atomic E-state index is 0.0687.